The van der Waals surface area contributed by atoms with E-state index in [2.05, 4.69) is 31.3 Å². The molecule has 0 fully saturated rings. The highest BCUT2D eigenvalue weighted by atomic mass is 16.3. The Kier molecular flexibility index (Phi) is 27.5. The topological polar surface area (TPSA) is 89.8 Å². The van der Waals surface area contributed by atoms with E-state index < -0.39 is 18.2 Å². The summed E-state index contributed by atoms with van der Waals surface area (Å²) in [4.78, 5) is 12.2. The fourth-order valence-electron chi connectivity index (χ4n) is 4.45. The Bertz CT molecular complexity index is 602. The minimum Gasteiger partial charge on any atom is -0.394 e. The van der Waals surface area contributed by atoms with Crippen LogP contribution in [0.3, 0.4) is 0 Å². The molecular formula is C33H61NO4. The van der Waals surface area contributed by atoms with Crippen LogP contribution in [0.4, 0.5) is 0 Å². The molecular weight excluding hydrogens is 474 g/mol. The predicted molar refractivity (Wildman–Crippen MR) is 162 cm³/mol. The minimum absolute atomic E-state index is 0.0937. The van der Waals surface area contributed by atoms with Crippen molar-refractivity contribution in [1.82, 2.24) is 5.32 Å². The van der Waals surface area contributed by atoms with E-state index in [9.17, 15) is 20.1 Å². The minimum atomic E-state index is -0.948. The summed E-state index contributed by atoms with van der Waals surface area (Å²) in [7, 11) is 0. The van der Waals surface area contributed by atoms with E-state index in [0.717, 1.165) is 25.7 Å². The summed E-state index contributed by atoms with van der Waals surface area (Å²) in [6.07, 6.45) is 32.8. The molecule has 0 radical (unpaired) electrons. The van der Waals surface area contributed by atoms with Crippen LogP contribution in [0.1, 0.15) is 142 Å². The average Bonchev–Trinajstić information content (AvgIpc) is 2.90. The zero-order chi connectivity index (χ0) is 28.1. The van der Waals surface area contributed by atoms with Crippen LogP contribution < -0.4 is 5.32 Å². The fourth-order valence-corrected chi connectivity index (χ4v) is 4.45. The third-order valence-corrected chi connectivity index (χ3v) is 6.93. The summed E-state index contributed by atoms with van der Waals surface area (Å²) < 4.78 is 0. The van der Waals surface area contributed by atoms with Gasteiger partial charge in [0.05, 0.1) is 31.3 Å². The third kappa shape index (κ3) is 24.9. The molecule has 5 nitrogen and oxygen atoms in total. The molecule has 3 atom stereocenters. The molecule has 0 aliphatic heterocycles. The van der Waals surface area contributed by atoms with Crippen LogP contribution in [-0.4, -0.2) is 46.1 Å². The number of allylic oxidation sites excluding steroid dienone is 4. The monoisotopic (exact) mass is 535 g/mol. The van der Waals surface area contributed by atoms with Crippen molar-refractivity contribution in [3.63, 3.8) is 0 Å². The largest absolute Gasteiger partial charge is 0.394 e. The number of nitrogens with one attached hydrogen (secondary N) is 1. The lowest BCUT2D eigenvalue weighted by atomic mass is 10.1. The van der Waals surface area contributed by atoms with Gasteiger partial charge in [-0.2, -0.15) is 0 Å². The molecule has 0 saturated carbocycles. The Hall–Kier alpha value is -1.43. The standard InChI is InChI=1S/C33H61NO4/c1-3-5-7-9-11-13-15-17-19-21-23-25-27-32(37)31(29-35)34-33(38)28-30(36)26-24-22-20-18-16-14-12-10-8-6-4-2/h18,20,24-27,30-32,35-37H,3-17,19,21-23,28-29H2,1-2H3,(H,34,38)/b20-18-,26-24-,27-25+. The molecule has 0 heterocycles. The smallest absolute Gasteiger partial charge is 0.223 e. The Morgan fingerprint density at radius 1 is 0.658 bits per heavy atom. The number of carbonyl (C=O) groups is 1. The summed E-state index contributed by atoms with van der Waals surface area (Å²) >= 11 is 0. The first-order chi connectivity index (χ1) is 18.5. The van der Waals surface area contributed by atoms with Crippen LogP contribution in [0.5, 0.6) is 0 Å². The van der Waals surface area contributed by atoms with E-state index in [0.29, 0.717) is 0 Å². The highest BCUT2D eigenvalue weighted by Gasteiger charge is 2.19. The molecule has 38 heavy (non-hydrogen) atoms. The second kappa shape index (κ2) is 28.6. The molecule has 0 aromatic rings. The molecule has 0 aliphatic carbocycles. The van der Waals surface area contributed by atoms with Crippen molar-refractivity contribution < 1.29 is 20.1 Å². The Morgan fingerprint density at radius 2 is 1.16 bits per heavy atom. The van der Waals surface area contributed by atoms with Crippen LogP contribution in [0.2, 0.25) is 0 Å². The van der Waals surface area contributed by atoms with Crippen LogP contribution >= 0.6 is 0 Å². The van der Waals surface area contributed by atoms with Crippen LogP contribution in [0, 0.1) is 0 Å². The maximum atomic E-state index is 12.2. The van der Waals surface area contributed by atoms with Crippen LogP contribution in [0.15, 0.2) is 36.5 Å². The van der Waals surface area contributed by atoms with E-state index in [1.165, 1.54) is 96.3 Å². The lowest BCUT2D eigenvalue weighted by Crippen LogP contribution is -2.45. The van der Waals surface area contributed by atoms with Gasteiger partial charge in [-0.25, -0.2) is 0 Å². The quantitative estimate of drug-likeness (QED) is 0.0641. The SMILES string of the molecule is CCCCCCCC/C=C\C/C=C\C(O)CC(=O)NC(CO)C(O)/C=C/CCCCCCCCCCCC. The predicted octanol–water partition coefficient (Wildman–Crippen LogP) is 7.70. The van der Waals surface area contributed by atoms with Gasteiger partial charge in [-0.05, 0) is 32.1 Å². The maximum Gasteiger partial charge on any atom is 0.223 e. The summed E-state index contributed by atoms with van der Waals surface area (Å²) in [5.41, 5.74) is 0. The van der Waals surface area contributed by atoms with Crippen molar-refractivity contribution in [1.29, 1.82) is 0 Å². The van der Waals surface area contributed by atoms with Gasteiger partial charge in [0.25, 0.3) is 0 Å². The second-order valence-electron chi connectivity index (χ2n) is 10.7. The van der Waals surface area contributed by atoms with Gasteiger partial charge in [-0.3, -0.25) is 4.79 Å². The van der Waals surface area contributed by atoms with Crippen LogP contribution in [-0.2, 0) is 4.79 Å². The Balaban J connectivity index is 3.94. The molecule has 4 N–H and O–H groups in total. The molecule has 222 valence electrons. The first-order valence-corrected chi connectivity index (χ1v) is 15.8. The first-order valence-electron chi connectivity index (χ1n) is 15.8. The number of amides is 1. The Labute approximate surface area is 234 Å². The van der Waals surface area contributed by atoms with Gasteiger partial charge in [0.15, 0.2) is 0 Å². The van der Waals surface area contributed by atoms with Gasteiger partial charge >= 0.3 is 0 Å². The van der Waals surface area contributed by atoms with Crippen molar-refractivity contribution in [2.45, 2.75) is 161 Å². The molecule has 0 rings (SSSR count). The lowest BCUT2D eigenvalue weighted by Gasteiger charge is -2.20. The highest BCUT2D eigenvalue weighted by Crippen LogP contribution is 2.12. The van der Waals surface area contributed by atoms with Gasteiger partial charge in [-0.1, -0.05) is 140 Å². The number of unbranched alkanes of at least 4 members (excludes halogenated alkanes) is 16. The van der Waals surface area contributed by atoms with E-state index in [4.69, 9.17) is 0 Å². The average molecular weight is 536 g/mol. The van der Waals surface area contributed by atoms with E-state index in [1.807, 2.05) is 12.2 Å². The summed E-state index contributed by atoms with van der Waals surface area (Å²) in [6, 6.07) is -0.771. The van der Waals surface area contributed by atoms with Gasteiger partial charge in [0.2, 0.25) is 5.91 Å². The number of hydrogen-bond acceptors (Lipinski definition) is 4. The number of aliphatic hydroxyl groups excluding tert-OH is 3. The number of rotatable bonds is 27. The fraction of sp³-hybridized carbons (Fsp3) is 0.788. The maximum absolute atomic E-state index is 12.2. The highest BCUT2D eigenvalue weighted by molar-refractivity contribution is 5.77. The van der Waals surface area contributed by atoms with Gasteiger partial charge < -0.3 is 20.6 Å². The van der Waals surface area contributed by atoms with Gasteiger partial charge in [0, 0.05) is 0 Å². The van der Waals surface area contributed by atoms with Crippen molar-refractivity contribution in [2.24, 2.45) is 0 Å². The molecule has 0 aromatic carbocycles. The number of aliphatic hydroxyl groups is 3. The van der Waals surface area contributed by atoms with Crippen molar-refractivity contribution in [3.05, 3.63) is 36.5 Å². The van der Waals surface area contributed by atoms with Gasteiger partial charge in [-0.15, -0.1) is 0 Å². The number of carbonyl (C=O) groups excluding carboxylic acids is 1. The zero-order valence-corrected chi connectivity index (χ0v) is 24.8. The molecule has 5 heteroatoms. The summed E-state index contributed by atoms with van der Waals surface area (Å²) in [6.45, 7) is 4.12. The van der Waals surface area contributed by atoms with Crippen LogP contribution in [0.25, 0.3) is 0 Å². The summed E-state index contributed by atoms with van der Waals surface area (Å²) in [5.74, 6) is -0.387. The van der Waals surface area contributed by atoms with Gasteiger partial charge in [0.1, 0.15) is 0 Å². The number of hydrogen-bond donors (Lipinski definition) is 4. The third-order valence-electron chi connectivity index (χ3n) is 6.93. The molecule has 1 amide bonds. The second-order valence-corrected chi connectivity index (χ2v) is 10.7. The van der Waals surface area contributed by atoms with E-state index in [-0.39, 0.29) is 18.9 Å². The molecule has 0 aliphatic rings. The molecule has 0 aromatic heterocycles. The van der Waals surface area contributed by atoms with Crippen molar-refractivity contribution in [2.75, 3.05) is 6.61 Å². The molecule has 3 unspecified atom stereocenters. The van der Waals surface area contributed by atoms with E-state index in [1.54, 1.807) is 12.2 Å². The molecule has 0 bridgehead atoms. The summed E-state index contributed by atoms with van der Waals surface area (Å²) in [5, 5.41) is 32.7. The lowest BCUT2D eigenvalue weighted by molar-refractivity contribution is -0.124. The Morgan fingerprint density at radius 3 is 1.68 bits per heavy atom. The zero-order valence-electron chi connectivity index (χ0n) is 24.8. The first kappa shape index (κ1) is 36.6. The van der Waals surface area contributed by atoms with Crippen molar-refractivity contribution >= 4 is 5.91 Å². The molecule has 0 saturated heterocycles. The van der Waals surface area contributed by atoms with Crippen molar-refractivity contribution in [3.8, 4) is 0 Å². The van der Waals surface area contributed by atoms with E-state index >= 15 is 0 Å². The normalized spacial score (nSPS) is 14.6. The molecule has 0 spiro atoms.